The zero-order valence-corrected chi connectivity index (χ0v) is 6.56. The molecule has 0 saturated carbocycles. The first-order valence-corrected chi connectivity index (χ1v) is 3.62. The number of rotatable bonds is 1. The van der Waals surface area contributed by atoms with E-state index in [1.807, 2.05) is 0 Å². The fraction of sp³-hybridized carbons (Fsp3) is 0.125. The molecule has 0 spiro atoms. The molecule has 0 bridgehead atoms. The molecule has 1 heterocycles. The summed E-state index contributed by atoms with van der Waals surface area (Å²) in [7, 11) is 1.76. The topological polar surface area (TPSA) is 40.7 Å². The smallest absolute Gasteiger partial charge is 0.200 e. The monoisotopic (exact) mass is 165 g/mol. The van der Waals surface area contributed by atoms with E-state index in [1.165, 1.54) is 12.1 Å². The van der Waals surface area contributed by atoms with Gasteiger partial charge in [-0.25, -0.2) is 9.37 Å². The first kappa shape index (κ1) is 7.09. The highest BCUT2D eigenvalue weighted by Gasteiger charge is 2.00. The summed E-state index contributed by atoms with van der Waals surface area (Å²) in [5.74, 6) is 0.393. The zero-order chi connectivity index (χ0) is 8.55. The molecule has 0 aliphatic heterocycles. The summed E-state index contributed by atoms with van der Waals surface area (Å²) in [6.07, 6.45) is 0. The maximum Gasteiger partial charge on any atom is 0.200 e. The minimum atomic E-state index is -0.256. The van der Waals surface area contributed by atoms with Crippen molar-refractivity contribution in [3.8, 4) is 0 Å². The predicted molar refractivity (Wildman–Crippen MR) is 45.6 cm³/mol. The van der Waals surface area contributed by atoms with Crippen LogP contribution in [0, 0.1) is 5.82 Å². The van der Waals surface area contributed by atoms with Gasteiger partial charge in [-0.15, -0.1) is 0 Å². The number of halogens is 1. The third-order valence-corrected chi connectivity index (χ3v) is 1.68. The Hall–Kier alpha value is -1.58. The van der Waals surface area contributed by atoms with Gasteiger partial charge >= 0.3 is 0 Å². The summed E-state index contributed by atoms with van der Waals surface area (Å²) in [6, 6.07) is 4.45. The summed E-state index contributed by atoms with van der Waals surface area (Å²) in [5, 5.41) is 2.85. The molecule has 0 atom stereocenters. The maximum atomic E-state index is 12.7. The molecule has 2 rings (SSSR count). The van der Waals surface area contributed by atoms with Gasteiger partial charge in [0.25, 0.3) is 0 Å². The Bertz CT molecular complexity index is 408. The molecule has 0 saturated heterocycles. The van der Waals surface area contributed by atoms with Gasteiger partial charge in [0.15, 0.2) is 0 Å². The zero-order valence-electron chi connectivity index (χ0n) is 6.56. The van der Waals surface area contributed by atoms with Crippen molar-refractivity contribution in [2.75, 3.05) is 12.4 Å². The van der Waals surface area contributed by atoms with E-state index in [9.17, 15) is 4.39 Å². The molecule has 62 valence electrons. The van der Waals surface area contributed by atoms with Crippen molar-refractivity contribution < 1.29 is 4.39 Å². The largest absolute Gasteiger partial charge is 0.359 e. The molecular weight excluding hydrogens is 157 g/mol. The van der Waals surface area contributed by atoms with Crippen molar-refractivity contribution in [3.63, 3.8) is 0 Å². The third kappa shape index (κ3) is 1.01. The van der Waals surface area contributed by atoms with Crippen molar-refractivity contribution in [2.24, 2.45) is 0 Å². The Morgan fingerprint density at radius 2 is 2.33 bits per heavy atom. The van der Waals surface area contributed by atoms with Crippen molar-refractivity contribution >= 4 is 17.0 Å². The summed E-state index contributed by atoms with van der Waals surface area (Å²) in [4.78, 5) is 7.06. The molecular formula is C8H8FN3. The maximum absolute atomic E-state index is 12.7. The van der Waals surface area contributed by atoms with E-state index < -0.39 is 0 Å². The fourth-order valence-electron chi connectivity index (χ4n) is 1.10. The summed E-state index contributed by atoms with van der Waals surface area (Å²) >= 11 is 0. The third-order valence-electron chi connectivity index (χ3n) is 1.68. The molecule has 3 nitrogen and oxygen atoms in total. The molecule has 1 aromatic heterocycles. The van der Waals surface area contributed by atoms with E-state index >= 15 is 0 Å². The molecule has 0 radical (unpaired) electrons. The van der Waals surface area contributed by atoms with Crippen LogP contribution in [-0.2, 0) is 0 Å². The molecule has 12 heavy (non-hydrogen) atoms. The number of nitrogens with zero attached hydrogens (tertiary/aromatic N) is 1. The Kier molecular flexibility index (Phi) is 1.46. The Morgan fingerprint density at radius 1 is 1.50 bits per heavy atom. The van der Waals surface area contributed by atoms with Crippen LogP contribution in [0.1, 0.15) is 0 Å². The fourth-order valence-corrected chi connectivity index (χ4v) is 1.10. The van der Waals surface area contributed by atoms with Crippen molar-refractivity contribution in [2.45, 2.75) is 0 Å². The van der Waals surface area contributed by atoms with E-state index in [4.69, 9.17) is 0 Å². The highest BCUT2D eigenvalue weighted by Crippen LogP contribution is 2.14. The van der Waals surface area contributed by atoms with Crippen LogP contribution < -0.4 is 5.32 Å². The lowest BCUT2D eigenvalue weighted by molar-refractivity contribution is 0.629. The second kappa shape index (κ2) is 2.48. The van der Waals surface area contributed by atoms with E-state index in [1.54, 1.807) is 13.1 Å². The first-order valence-electron chi connectivity index (χ1n) is 3.62. The van der Waals surface area contributed by atoms with Gasteiger partial charge in [0, 0.05) is 7.05 Å². The number of anilines is 1. The summed E-state index contributed by atoms with van der Waals surface area (Å²) in [6.45, 7) is 0. The van der Waals surface area contributed by atoms with Crippen molar-refractivity contribution in [3.05, 3.63) is 24.0 Å². The standard InChI is InChI=1S/C8H8FN3/c1-10-8-11-6-3-2-5(9)4-7(6)12-8/h2-4H,1H3,(H2,10,11,12). The van der Waals surface area contributed by atoms with Crippen LogP contribution in [0.3, 0.4) is 0 Å². The quantitative estimate of drug-likeness (QED) is 0.675. The Labute approximate surface area is 68.6 Å². The molecule has 0 unspecified atom stereocenters. The number of aromatic amines is 1. The number of hydrogen-bond acceptors (Lipinski definition) is 2. The van der Waals surface area contributed by atoms with Crippen LogP contribution in [0.2, 0.25) is 0 Å². The number of nitrogens with one attached hydrogen (secondary N) is 2. The molecule has 1 aromatic carbocycles. The van der Waals surface area contributed by atoms with Crippen LogP contribution in [0.4, 0.5) is 10.3 Å². The lowest BCUT2D eigenvalue weighted by Crippen LogP contribution is -1.88. The number of H-pyrrole nitrogens is 1. The second-order valence-corrected chi connectivity index (χ2v) is 2.50. The second-order valence-electron chi connectivity index (χ2n) is 2.50. The van der Waals surface area contributed by atoms with E-state index in [0.717, 1.165) is 5.52 Å². The Morgan fingerprint density at radius 3 is 3.08 bits per heavy atom. The van der Waals surface area contributed by atoms with Gasteiger partial charge in [0.05, 0.1) is 11.0 Å². The molecule has 2 aromatic rings. The minimum absolute atomic E-state index is 0.256. The van der Waals surface area contributed by atoms with Gasteiger partial charge < -0.3 is 10.3 Å². The van der Waals surface area contributed by atoms with Crippen LogP contribution in [0.15, 0.2) is 18.2 Å². The molecule has 2 N–H and O–H groups in total. The van der Waals surface area contributed by atoms with Crippen molar-refractivity contribution in [1.29, 1.82) is 0 Å². The van der Waals surface area contributed by atoms with Gasteiger partial charge in [-0.2, -0.15) is 0 Å². The number of imidazole rings is 1. The lowest BCUT2D eigenvalue weighted by Gasteiger charge is -1.87. The average molecular weight is 165 g/mol. The molecule has 4 heteroatoms. The molecule has 0 aliphatic rings. The molecule has 0 amide bonds. The van der Waals surface area contributed by atoms with E-state index in [0.29, 0.717) is 11.5 Å². The number of benzene rings is 1. The van der Waals surface area contributed by atoms with Crippen molar-refractivity contribution in [1.82, 2.24) is 9.97 Å². The normalized spacial score (nSPS) is 10.5. The van der Waals surface area contributed by atoms with Crippen LogP contribution in [0.5, 0.6) is 0 Å². The van der Waals surface area contributed by atoms with E-state index in [-0.39, 0.29) is 5.82 Å². The van der Waals surface area contributed by atoms with Crippen LogP contribution in [0.25, 0.3) is 11.0 Å². The summed E-state index contributed by atoms with van der Waals surface area (Å²) in [5.41, 5.74) is 1.47. The molecule has 0 fully saturated rings. The number of hydrogen-bond donors (Lipinski definition) is 2. The van der Waals surface area contributed by atoms with Crippen LogP contribution in [-0.4, -0.2) is 17.0 Å². The SMILES string of the molecule is CNc1nc2ccc(F)cc2[nH]1. The lowest BCUT2D eigenvalue weighted by atomic mass is 10.3. The Balaban J connectivity index is 2.67. The number of aromatic nitrogens is 2. The van der Waals surface area contributed by atoms with Crippen LogP contribution >= 0.6 is 0 Å². The average Bonchev–Trinajstić information content (AvgIpc) is 2.46. The van der Waals surface area contributed by atoms with E-state index in [2.05, 4.69) is 15.3 Å². The van der Waals surface area contributed by atoms with Gasteiger partial charge in [-0.1, -0.05) is 0 Å². The van der Waals surface area contributed by atoms with Gasteiger partial charge in [-0.3, -0.25) is 0 Å². The highest BCUT2D eigenvalue weighted by atomic mass is 19.1. The first-order chi connectivity index (χ1) is 5.79. The van der Waals surface area contributed by atoms with Gasteiger partial charge in [0.2, 0.25) is 5.95 Å². The predicted octanol–water partition coefficient (Wildman–Crippen LogP) is 1.74. The highest BCUT2D eigenvalue weighted by molar-refractivity contribution is 5.77. The summed E-state index contributed by atoms with van der Waals surface area (Å²) < 4.78 is 12.7. The molecule has 0 aliphatic carbocycles. The van der Waals surface area contributed by atoms with Gasteiger partial charge in [-0.05, 0) is 18.2 Å². The van der Waals surface area contributed by atoms with Gasteiger partial charge in [0.1, 0.15) is 5.82 Å². The number of fused-ring (bicyclic) bond motifs is 1. The minimum Gasteiger partial charge on any atom is -0.359 e.